The van der Waals surface area contributed by atoms with E-state index in [9.17, 15) is 9.18 Å². The highest BCUT2D eigenvalue weighted by molar-refractivity contribution is 6.30. The lowest BCUT2D eigenvalue weighted by molar-refractivity contribution is 0.0580. The number of benzene rings is 2. The molecule has 1 aliphatic heterocycles. The number of rotatable bonds is 5. The van der Waals surface area contributed by atoms with Crippen molar-refractivity contribution in [1.29, 1.82) is 0 Å². The molecular formula is C22H25ClFN3O2. The Morgan fingerprint density at radius 1 is 1.28 bits per heavy atom. The van der Waals surface area contributed by atoms with Crippen molar-refractivity contribution in [2.24, 2.45) is 5.16 Å². The molecule has 2 aromatic rings. The Kier molecular flexibility index (Phi) is 6.42. The molecule has 1 aliphatic rings. The second kappa shape index (κ2) is 8.82. The zero-order valence-corrected chi connectivity index (χ0v) is 17.5. The minimum absolute atomic E-state index is 0.184. The Morgan fingerprint density at radius 3 is 2.66 bits per heavy atom. The molecule has 0 radical (unpaired) electrons. The minimum Gasteiger partial charge on any atom is -0.390 e. The van der Waals surface area contributed by atoms with Gasteiger partial charge in [0.2, 0.25) is 0 Å². The van der Waals surface area contributed by atoms with E-state index in [0.717, 1.165) is 16.8 Å². The summed E-state index contributed by atoms with van der Waals surface area (Å²) >= 11 is 6.09. The number of oxime groups is 1. The molecule has 7 heteroatoms. The monoisotopic (exact) mass is 417 g/mol. The molecular weight excluding hydrogens is 393 g/mol. The standard InChI is InChI=1S/C22H25ClFN3O2/c1-22(2,3)25-21(28)27(13-15-5-4-6-17(23)11-15)14-19-12-20(26-29-19)16-7-9-18(24)10-8-16/h4-11,19H,12-14H2,1-3H3,(H,25,28). The van der Waals surface area contributed by atoms with E-state index in [1.807, 2.05) is 39.0 Å². The summed E-state index contributed by atoms with van der Waals surface area (Å²) in [5.74, 6) is -0.295. The Morgan fingerprint density at radius 2 is 2.00 bits per heavy atom. The van der Waals surface area contributed by atoms with Gasteiger partial charge in [-0.25, -0.2) is 9.18 Å². The predicted molar refractivity (Wildman–Crippen MR) is 113 cm³/mol. The molecule has 1 N–H and O–H groups in total. The van der Waals surface area contributed by atoms with Gasteiger partial charge in [-0.05, 0) is 56.2 Å². The molecule has 2 aromatic carbocycles. The molecule has 0 aliphatic carbocycles. The topological polar surface area (TPSA) is 53.9 Å². The number of hydrogen-bond donors (Lipinski definition) is 1. The summed E-state index contributed by atoms with van der Waals surface area (Å²) in [6, 6.07) is 13.4. The van der Waals surface area contributed by atoms with E-state index >= 15 is 0 Å². The Labute approximate surface area is 175 Å². The van der Waals surface area contributed by atoms with E-state index in [2.05, 4.69) is 10.5 Å². The molecule has 0 aromatic heterocycles. The maximum absolute atomic E-state index is 13.2. The van der Waals surface area contributed by atoms with Crippen molar-refractivity contribution < 1.29 is 14.0 Å². The van der Waals surface area contributed by atoms with Crippen LogP contribution in [0.4, 0.5) is 9.18 Å². The van der Waals surface area contributed by atoms with Crippen LogP contribution in [0.2, 0.25) is 5.02 Å². The van der Waals surface area contributed by atoms with Crippen molar-refractivity contribution in [2.75, 3.05) is 6.54 Å². The molecule has 0 bridgehead atoms. The van der Waals surface area contributed by atoms with Crippen molar-refractivity contribution in [3.05, 3.63) is 70.5 Å². The van der Waals surface area contributed by atoms with Gasteiger partial charge in [-0.2, -0.15) is 0 Å². The van der Waals surface area contributed by atoms with E-state index < -0.39 is 0 Å². The third-order valence-electron chi connectivity index (χ3n) is 4.37. The molecule has 1 heterocycles. The van der Waals surface area contributed by atoms with Crippen molar-refractivity contribution in [3.8, 4) is 0 Å². The summed E-state index contributed by atoms with van der Waals surface area (Å²) in [6.45, 7) is 6.57. The van der Waals surface area contributed by atoms with Crippen LogP contribution in [0, 0.1) is 5.82 Å². The van der Waals surface area contributed by atoms with Gasteiger partial charge < -0.3 is 15.1 Å². The highest BCUT2D eigenvalue weighted by Gasteiger charge is 2.28. The second-order valence-corrected chi connectivity index (χ2v) is 8.60. The molecule has 0 fully saturated rings. The number of amides is 2. The Bertz CT molecular complexity index is 894. The quantitative estimate of drug-likeness (QED) is 0.745. The van der Waals surface area contributed by atoms with Gasteiger partial charge >= 0.3 is 6.03 Å². The molecule has 5 nitrogen and oxygen atoms in total. The summed E-state index contributed by atoms with van der Waals surface area (Å²) in [6.07, 6.45) is 0.264. The van der Waals surface area contributed by atoms with Gasteiger partial charge in [0.15, 0.2) is 6.10 Å². The van der Waals surface area contributed by atoms with Gasteiger partial charge in [0.25, 0.3) is 0 Å². The van der Waals surface area contributed by atoms with Crippen LogP contribution >= 0.6 is 11.6 Å². The third-order valence-corrected chi connectivity index (χ3v) is 4.60. The largest absolute Gasteiger partial charge is 0.390 e. The molecule has 29 heavy (non-hydrogen) atoms. The van der Waals surface area contributed by atoms with Crippen LogP contribution in [0.25, 0.3) is 0 Å². The number of nitrogens with zero attached hydrogens (tertiary/aromatic N) is 2. The summed E-state index contributed by atoms with van der Waals surface area (Å²) in [4.78, 5) is 20.1. The Hall–Kier alpha value is -2.60. The zero-order chi connectivity index (χ0) is 21.0. The number of halogens is 2. The van der Waals surface area contributed by atoms with Gasteiger partial charge in [-0.3, -0.25) is 0 Å². The van der Waals surface area contributed by atoms with Gasteiger partial charge in [0, 0.05) is 23.5 Å². The highest BCUT2D eigenvalue weighted by Crippen LogP contribution is 2.20. The van der Waals surface area contributed by atoms with Crippen LogP contribution < -0.4 is 5.32 Å². The van der Waals surface area contributed by atoms with Crippen molar-refractivity contribution >= 4 is 23.3 Å². The van der Waals surface area contributed by atoms with E-state index in [0.29, 0.717) is 24.5 Å². The zero-order valence-electron chi connectivity index (χ0n) is 16.8. The normalized spacial score (nSPS) is 16.2. The van der Waals surface area contributed by atoms with Gasteiger partial charge in [-0.15, -0.1) is 0 Å². The molecule has 1 atom stereocenters. The number of carbonyl (C=O) groups is 1. The van der Waals surface area contributed by atoms with Gasteiger partial charge in [0.1, 0.15) is 5.82 Å². The van der Waals surface area contributed by atoms with Gasteiger partial charge in [0.05, 0.1) is 12.3 Å². The first-order chi connectivity index (χ1) is 13.7. The molecule has 3 rings (SSSR count). The lowest BCUT2D eigenvalue weighted by Gasteiger charge is -2.29. The first-order valence-corrected chi connectivity index (χ1v) is 9.87. The summed E-state index contributed by atoms with van der Waals surface area (Å²) in [5, 5.41) is 7.76. The lowest BCUT2D eigenvalue weighted by Crippen LogP contribution is -2.50. The predicted octanol–water partition coefficient (Wildman–Crippen LogP) is 4.98. The minimum atomic E-state index is -0.365. The van der Waals surface area contributed by atoms with Crippen LogP contribution in [-0.2, 0) is 11.4 Å². The lowest BCUT2D eigenvalue weighted by atomic mass is 10.0. The van der Waals surface area contributed by atoms with Crippen LogP contribution in [0.5, 0.6) is 0 Å². The first-order valence-electron chi connectivity index (χ1n) is 9.50. The summed E-state index contributed by atoms with van der Waals surface area (Å²) in [7, 11) is 0. The average Bonchev–Trinajstić information content (AvgIpc) is 3.09. The molecule has 1 unspecified atom stereocenters. The fourth-order valence-electron chi connectivity index (χ4n) is 3.06. The van der Waals surface area contributed by atoms with Crippen LogP contribution in [-0.4, -0.2) is 34.8 Å². The Balaban J connectivity index is 1.69. The SMILES string of the molecule is CC(C)(C)NC(=O)N(Cc1cccc(Cl)c1)CC1CC(c2ccc(F)cc2)=NO1. The number of hydrogen-bond acceptors (Lipinski definition) is 3. The molecule has 0 saturated heterocycles. The van der Waals surface area contributed by atoms with Crippen molar-refractivity contribution in [1.82, 2.24) is 10.2 Å². The highest BCUT2D eigenvalue weighted by atomic mass is 35.5. The number of nitrogens with one attached hydrogen (secondary N) is 1. The van der Waals surface area contributed by atoms with Crippen LogP contribution in [0.1, 0.15) is 38.3 Å². The van der Waals surface area contributed by atoms with Crippen LogP contribution in [0.15, 0.2) is 53.7 Å². The van der Waals surface area contributed by atoms with Crippen molar-refractivity contribution in [3.63, 3.8) is 0 Å². The molecule has 154 valence electrons. The molecule has 0 spiro atoms. The van der Waals surface area contributed by atoms with E-state index in [4.69, 9.17) is 16.4 Å². The van der Waals surface area contributed by atoms with E-state index in [1.165, 1.54) is 12.1 Å². The van der Waals surface area contributed by atoms with Gasteiger partial charge in [-0.1, -0.05) is 41.0 Å². The molecule has 2 amide bonds. The van der Waals surface area contributed by atoms with E-state index in [1.54, 1.807) is 23.1 Å². The number of urea groups is 1. The third kappa shape index (κ3) is 6.19. The molecule has 0 saturated carbocycles. The van der Waals surface area contributed by atoms with Crippen LogP contribution in [0.3, 0.4) is 0 Å². The summed E-state index contributed by atoms with van der Waals surface area (Å²) < 4.78 is 13.2. The fourth-order valence-corrected chi connectivity index (χ4v) is 3.27. The first kappa shape index (κ1) is 21.1. The smallest absolute Gasteiger partial charge is 0.318 e. The van der Waals surface area contributed by atoms with E-state index in [-0.39, 0.29) is 23.5 Å². The van der Waals surface area contributed by atoms with Crippen molar-refractivity contribution in [2.45, 2.75) is 45.4 Å². The maximum Gasteiger partial charge on any atom is 0.318 e. The number of carbonyl (C=O) groups excluding carboxylic acids is 1. The average molecular weight is 418 g/mol. The second-order valence-electron chi connectivity index (χ2n) is 8.17. The maximum atomic E-state index is 13.2. The summed E-state index contributed by atoms with van der Waals surface area (Å²) in [5.41, 5.74) is 2.12. The fraction of sp³-hybridized carbons (Fsp3) is 0.364.